The van der Waals surface area contributed by atoms with Crippen LogP contribution in [0.25, 0.3) is 0 Å². The van der Waals surface area contributed by atoms with Gasteiger partial charge in [-0.05, 0) is 20.1 Å². The van der Waals surface area contributed by atoms with Gasteiger partial charge in [-0.25, -0.2) is 0 Å². The summed E-state index contributed by atoms with van der Waals surface area (Å²) >= 11 is 1.56. The summed E-state index contributed by atoms with van der Waals surface area (Å²) in [5.41, 5.74) is -0.472. The van der Waals surface area contributed by atoms with Crippen molar-refractivity contribution < 1.29 is 8.42 Å². The number of hydrogen-bond donors (Lipinski definition) is 1. The van der Waals surface area contributed by atoms with Gasteiger partial charge >= 0.3 is 0 Å². The Balaban J connectivity index is 4.13. The minimum Gasteiger partial charge on any atom is -0.196 e. The van der Waals surface area contributed by atoms with Crippen LogP contribution in [0.15, 0.2) is 0 Å². The molecule has 68 valence electrons. The zero-order valence-corrected chi connectivity index (χ0v) is 9.11. The maximum absolute atomic E-state index is 10.6. The average molecular weight is 218 g/mol. The second-order valence-corrected chi connectivity index (χ2v) is 6.02. The number of halogens is 1. The van der Waals surface area contributed by atoms with E-state index in [9.17, 15) is 8.42 Å². The lowest BCUT2D eigenvalue weighted by Gasteiger charge is -2.22. The zero-order chi connectivity index (χ0) is 9.12. The van der Waals surface area contributed by atoms with E-state index in [1.165, 1.54) is 0 Å². The maximum atomic E-state index is 10.6. The van der Waals surface area contributed by atoms with Crippen LogP contribution in [0.5, 0.6) is 0 Å². The normalized spacial score (nSPS) is 13.5. The lowest BCUT2D eigenvalue weighted by atomic mass is 10.1. The van der Waals surface area contributed by atoms with E-state index in [0.717, 1.165) is 0 Å². The Morgan fingerprint density at radius 1 is 1.55 bits per heavy atom. The van der Waals surface area contributed by atoms with Crippen molar-refractivity contribution in [2.75, 3.05) is 12.0 Å². The highest BCUT2D eigenvalue weighted by molar-refractivity contribution is 8.12. The van der Waals surface area contributed by atoms with E-state index in [-0.39, 0.29) is 0 Å². The Morgan fingerprint density at radius 2 is 2.00 bits per heavy atom. The van der Waals surface area contributed by atoms with Gasteiger partial charge in [-0.3, -0.25) is 0 Å². The van der Waals surface area contributed by atoms with Crippen LogP contribution in [0.4, 0.5) is 0 Å². The molecule has 0 aromatic carbocycles. The molecule has 0 aliphatic rings. The van der Waals surface area contributed by atoms with Gasteiger partial charge in [0.2, 0.25) is 0 Å². The summed E-state index contributed by atoms with van der Waals surface area (Å²) in [6.45, 7) is 3.56. The molecule has 0 aromatic heterocycles. The highest BCUT2D eigenvalue weighted by Crippen LogP contribution is 2.12. The summed E-state index contributed by atoms with van der Waals surface area (Å²) in [6, 6.07) is 0. The summed E-state index contributed by atoms with van der Waals surface area (Å²) in [5, 5.41) is 0. The predicted molar refractivity (Wildman–Crippen MR) is 50.4 cm³/mol. The van der Waals surface area contributed by atoms with E-state index < -0.39 is 14.8 Å². The molecular weight excluding hydrogens is 206 g/mol. The number of thioether (sulfide) groups is 1. The number of rotatable bonds is 4. The average Bonchev–Trinajstić information content (AvgIpc) is 1.55. The molecule has 0 amide bonds. The quantitative estimate of drug-likeness (QED) is 0.720. The van der Waals surface area contributed by atoms with E-state index in [0.29, 0.717) is 5.75 Å². The standard InChI is InChI=1S/C5H12ClNO2S2/c1-5(2,4-10-3)7-11(6,8)9/h7H,4H2,1-3H3. The lowest BCUT2D eigenvalue weighted by molar-refractivity contribution is 0.507. The largest absolute Gasteiger partial charge is 0.297 e. The monoisotopic (exact) mass is 217 g/mol. The topological polar surface area (TPSA) is 46.2 Å². The third-order valence-corrected chi connectivity index (χ3v) is 2.94. The van der Waals surface area contributed by atoms with Gasteiger partial charge in [0.05, 0.1) is 0 Å². The molecule has 0 fully saturated rings. The molecule has 0 radical (unpaired) electrons. The van der Waals surface area contributed by atoms with Gasteiger partial charge in [0.1, 0.15) is 0 Å². The highest BCUT2D eigenvalue weighted by atomic mass is 35.7. The smallest absolute Gasteiger partial charge is 0.196 e. The summed E-state index contributed by atoms with van der Waals surface area (Å²) in [7, 11) is 1.41. The van der Waals surface area contributed by atoms with Gasteiger partial charge in [0.25, 0.3) is 9.24 Å². The van der Waals surface area contributed by atoms with Gasteiger partial charge in [0, 0.05) is 22.0 Å². The zero-order valence-electron chi connectivity index (χ0n) is 6.72. The SMILES string of the molecule is CSCC(C)(C)NS(=O)(=O)Cl. The first kappa shape index (κ1) is 11.6. The van der Waals surface area contributed by atoms with Crippen molar-refractivity contribution in [3.63, 3.8) is 0 Å². The minimum absolute atomic E-state index is 0.472. The molecule has 0 heterocycles. The Bertz CT molecular complexity index is 213. The first-order valence-corrected chi connectivity index (χ1v) is 6.70. The fraction of sp³-hybridized carbons (Fsp3) is 1.00. The summed E-state index contributed by atoms with van der Waals surface area (Å²) in [6.07, 6.45) is 1.91. The molecule has 6 heteroatoms. The first-order valence-electron chi connectivity index (χ1n) is 2.99. The second kappa shape index (κ2) is 3.98. The van der Waals surface area contributed by atoms with Crippen LogP contribution in [-0.2, 0) is 9.24 Å². The van der Waals surface area contributed by atoms with Crippen molar-refractivity contribution >= 4 is 31.7 Å². The van der Waals surface area contributed by atoms with E-state index >= 15 is 0 Å². The molecule has 3 nitrogen and oxygen atoms in total. The summed E-state index contributed by atoms with van der Waals surface area (Å²) in [5.74, 6) is 0.693. The molecule has 0 saturated heterocycles. The molecule has 0 spiro atoms. The third kappa shape index (κ3) is 6.93. The van der Waals surface area contributed by atoms with Gasteiger partial charge in [-0.15, -0.1) is 0 Å². The molecule has 0 atom stereocenters. The van der Waals surface area contributed by atoms with Gasteiger partial charge in [0.15, 0.2) is 0 Å². The first-order chi connectivity index (χ1) is 4.77. The van der Waals surface area contributed by atoms with Crippen LogP contribution >= 0.6 is 22.4 Å². The third-order valence-electron chi connectivity index (χ3n) is 0.903. The predicted octanol–water partition coefficient (Wildman–Crippen LogP) is 1.20. The number of hydrogen-bond acceptors (Lipinski definition) is 3. The molecule has 0 rings (SSSR count). The van der Waals surface area contributed by atoms with Crippen molar-refractivity contribution in [2.24, 2.45) is 0 Å². The van der Waals surface area contributed by atoms with E-state index in [2.05, 4.69) is 4.72 Å². The molecule has 0 aliphatic carbocycles. The second-order valence-electron chi connectivity index (χ2n) is 2.86. The Morgan fingerprint density at radius 3 is 2.27 bits per heavy atom. The molecule has 0 aromatic rings. The Kier molecular flexibility index (Phi) is 4.18. The van der Waals surface area contributed by atoms with Crippen molar-refractivity contribution in [2.45, 2.75) is 19.4 Å². The van der Waals surface area contributed by atoms with E-state index in [4.69, 9.17) is 10.7 Å². The molecule has 0 unspecified atom stereocenters. The van der Waals surface area contributed by atoms with Gasteiger partial charge < -0.3 is 0 Å². The fourth-order valence-electron chi connectivity index (χ4n) is 0.720. The molecule has 0 saturated carbocycles. The van der Waals surface area contributed by atoms with Crippen LogP contribution < -0.4 is 4.72 Å². The van der Waals surface area contributed by atoms with Crippen molar-refractivity contribution in [3.8, 4) is 0 Å². The fourth-order valence-corrected chi connectivity index (χ4v) is 2.96. The van der Waals surface area contributed by atoms with Crippen LogP contribution in [0.2, 0.25) is 0 Å². The van der Waals surface area contributed by atoms with Crippen molar-refractivity contribution in [1.29, 1.82) is 0 Å². The van der Waals surface area contributed by atoms with Crippen LogP contribution in [0.1, 0.15) is 13.8 Å². The summed E-state index contributed by atoms with van der Waals surface area (Å²) in [4.78, 5) is 0. The lowest BCUT2D eigenvalue weighted by Crippen LogP contribution is -2.43. The molecular formula is C5H12ClNO2S2. The van der Waals surface area contributed by atoms with Crippen molar-refractivity contribution in [1.82, 2.24) is 4.72 Å². The van der Waals surface area contributed by atoms with Crippen LogP contribution in [-0.4, -0.2) is 26.0 Å². The van der Waals surface area contributed by atoms with Crippen LogP contribution in [0, 0.1) is 0 Å². The minimum atomic E-state index is -3.60. The van der Waals surface area contributed by atoms with E-state index in [1.54, 1.807) is 25.6 Å². The van der Waals surface area contributed by atoms with Gasteiger partial charge in [-0.1, -0.05) is 0 Å². The number of nitrogens with one attached hydrogen (secondary N) is 1. The molecule has 1 N–H and O–H groups in total. The Hall–Kier alpha value is 0.550. The van der Waals surface area contributed by atoms with Gasteiger partial charge in [-0.2, -0.15) is 24.9 Å². The summed E-state index contributed by atoms with van der Waals surface area (Å²) < 4.78 is 23.4. The molecule has 11 heavy (non-hydrogen) atoms. The maximum Gasteiger partial charge on any atom is 0.297 e. The van der Waals surface area contributed by atoms with E-state index in [1.807, 2.05) is 6.26 Å². The molecule has 0 aliphatic heterocycles. The van der Waals surface area contributed by atoms with Crippen molar-refractivity contribution in [3.05, 3.63) is 0 Å². The highest BCUT2D eigenvalue weighted by Gasteiger charge is 2.22. The van der Waals surface area contributed by atoms with Crippen LogP contribution in [0.3, 0.4) is 0 Å². The Labute approximate surface area is 76.4 Å². The molecule has 0 bridgehead atoms.